The van der Waals surface area contributed by atoms with Crippen LogP contribution in [0.25, 0.3) is 0 Å². The number of nitrogens with zero attached hydrogens (tertiary/aromatic N) is 1. The van der Waals surface area contributed by atoms with Gasteiger partial charge in [-0.3, -0.25) is 4.79 Å². The van der Waals surface area contributed by atoms with Crippen LogP contribution in [0.5, 0.6) is 0 Å². The van der Waals surface area contributed by atoms with E-state index in [0.29, 0.717) is 12.0 Å². The van der Waals surface area contributed by atoms with Gasteiger partial charge in [-0.1, -0.05) is 42.5 Å². The lowest BCUT2D eigenvalue weighted by atomic mass is 9.96. The number of halogens is 1. The topological polar surface area (TPSA) is 20.3 Å². The fourth-order valence-corrected chi connectivity index (χ4v) is 3.45. The zero-order valence-electron chi connectivity index (χ0n) is 13.6. The predicted molar refractivity (Wildman–Crippen MR) is 89.7 cm³/mol. The van der Waals surface area contributed by atoms with Gasteiger partial charge in [-0.2, -0.15) is 0 Å². The fourth-order valence-electron chi connectivity index (χ4n) is 3.45. The number of amides is 1. The molecule has 1 amide bonds. The molecule has 120 valence electrons. The third-order valence-electron chi connectivity index (χ3n) is 5.01. The summed E-state index contributed by atoms with van der Waals surface area (Å²) in [6.45, 7) is 1.87. The maximum Gasteiger partial charge on any atom is 0.223 e. The van der Waals surface area contributed by atoms with Gasteiger partial charge < -0.3 is 4.90 Å². The van der Waals surface area contributed by atoms with Gasteiger partial charge in [0.05, 0.1) is 6.04 Å². The Morgan fingerprint density at radius 2 is 1.91 bits per heavy atom. The predicted octanol–water partition coefficient (Wildman–Crippen LogP) is 4.47. The number of fused-ring (bicyclic) bond motifs is 1. The van der Waals surface area contributed by atoms with Crippen molar-refractivity contribution >= 4 is 5.91 Å². The van der Waals surface area contributed by atoms with Crippen LogP contribution in [0.15, 0.2) is 48.5 Å². The highest BCUT2D eigenvalue weighted by atomic mass is 19.1. The molecule has 3 heteroatoms. The lowest BCUT2D eigenvalue weighted by Gasteiger charge is -2.27. The van der Waals surface area contributed by atoms with Crippen LogP contribution in [0.1, 0.15) is 48.4 Å². The molecule has 0 fully saturated rings. The minimum Gasteiger partial charge on any atom is -0.339 e. The molecule has 0 aliphatic heterocycles. The molecule has 0 saturated heterocycles. The Kier molecular flexibility index (Phi) is 4.46. The third-order valence-corrected chi connectivity index (χ3v) is 5.01. The van der Waals surface area contributed by atoms with Crippen molar-refractivity contribution in [2.24, 2.45) is 0 Å². The van der Waals surface area contributed by atoms with Crippen LogP contribution in [-0.4, -0.2) is 17.9 Å². The first kappa shape index (κ1) is 15.7. The van der Waals surface area contributed by atoms with E-state index in [1.54, 1.807) is 30.1 Å². The summed E-state index contributed by atoms with van der Waals surface area (Å²) in [6, 6.07) is 14.8. The highest BCUT2D eigenvalue weighted by Crippen LogP contribution is 2.36. The number of hydrogen-bond donors (Lipinski definition) is 0. The highest BCUT2D eigenvalue weighted by molar-refractivity contribution is 5.77. The van der Waals surface area contributed by atoms with Crippen LogP contribution >= 0.6 is 0 Å². The number of hydrogen-bond acceptors (Lipinski definition) is 1. The molecule has 3 rings (SSSR count). The highest BCUT2D eigenvalue weighted by Gasteiger charge is 2.27. The molecule has 0 radical (unpaired) electrons. The van der Waals surface area contributed by atoms with Crippen molar-refractivity contribution in [3.8, 4) is 0 Å². The van der Waals surface area contributed by atoms with Crippen molar-refractivity contribution in [2.45, 2.75) is 38.1 Å². The summed E-state index contributed by atoms with van der Waals surface area (Å²) in [5.74, 6) is 0.0993. The molecule has 2 nitrogen and oxygen atoms in total. The Morgan fingerprint density at radius 3 is 2.70 bits per heavy atom. The van der Waals surface area contributed by atoms with E-state index in [1.165, 1.54) is 17.2 Å². The standard InChI is InChI=1S/C20H22FNO/c1-14(17-8-5-6-10-19(17)21)22(2)20(23)13-16-12-11-15-7-3-4-9-18(15)16/h3-10,14,16H,11-13H2,1-2H3. The Labute approximate surface area is 136 Å². The van der Waals surface area contributed by atoms with Gasteiger partial charge in [0, 0.05) is 19.0 Å². The molecule has 0 saturated carbocycles. The second-order valence-electron chi connectivity index (χ2n) is 6.34. The number of carbonyl (C=O) groups excluding carboxylic acids is 1. The molecule has 0 N–H and O–H groups in total. The first-order valence-corrected chi connectivity index (χ1v) is 8.16. The smallest absolute Gasteiger partial charge is 0.223 e. The van der Waals surface area contributed by atoms with Crippen molar-refractivity contribution in [1.29, 1.82) is 0 Å². The molecular formula is C20H22FNO. The van der Waals surface area contributed by atoms with Crippen LogP contribution in [0, 0.1) is 5.82 Å². The van der Waals surface area contributed by atoms with Gasteiger partial charge in [0.15, 0.2) is 0 Å². The Balaban J connectivity index is 1.70. The third kappa shape index (κ3) is 3.14. The molecule has 2 atom stereocenters. The van der Waals surface area contributed by atoms with Crippen molar-refractivity contribution in [3.63, 3.8) is 0 Å². The van der Waals surface area contributed by atoms with Gasteiger partial charge in [0.25, 0.3) is 0 Å². The van der Waals surface area contributed by atoms with Gasteiger partial charge >= 0.3 is 0 Å². The lowest BCUT2D eigenvalue weighted by molar-refractivity contribution is -0.132. The molecule has 23 heavy (non-hydrogen) atoms. The average Bonchev–Trinajstić information content (AvgIpc) is 2.97. The van der Waals surface area contributed by atoms with Crippen molar-refractivity contribution in [2.75, 3.05) is 7.05 Å². The van der Waals surface area contributed by atoms with Gasteiger partial charge in [-0.25, -0.2) is 4.39 Å². The van der Waals surface area contributed by atoms with Crippen LogP contribution in [-0.2, 0) is 11.2 Å². The zero-order chi connectivity index (χ0) is 16.4. The zero-order valence-corrected chi connectivity index (χ0v) is 13.6. The molecule has 0 heterocycles. The summed E-state index contributed by atoms with van der Waals surface area (Å²) in [5, 5.41) is 0. The Hall–Kier alpha value is -2.16. The van der Waals surface area contributed by atoms with Crippen LogP contribution < -0.4 is 0 Å². The monoisotopic (exact) mass is 311 g/mol. The van der Waals surface area contributed by atoms with Gasteiger partial charge in [0.1, 0.15) is 5.82 Å². The van der Waals surface area contributed by atoms with E-state index < -0.39 is 0 Å². The maximum atomic E-state index is 13.9. The number of aryl methyl sites for hydroxylation is 1. The maximum absolute atomic E-state index is 13.9. The number of benzene rings is 2. The van der Waals surface area contributed by atoms with Gasteiger partial charge in [0.2, 0.25) is 5.91 Å². The molecule has 0 bridgehead atoms. The summed E-state index contributed by atoms with van der Waals surface area (Å²) in [7, 11) is 1.76. The van der Waals surface area contributed by atoms with E-state index in [1.807, 2.05) is 13.0 Å². The summed E-state index contributed by atoms with van der Waals surface area (Å²) < 4.78 is 13.9. The molecule has 1 aliphatic rings. The second kappa shape index (κ2) is 6.53. The van der Waals surface area contributed by atoms with E-state index in [2.05, 4.69) is 18.2 Å². The van der Waals surface area contributed by atoms with E-state index in [4.69, 9.17) is 0 Å². The van der Waals surface area contributed by atoms with E-state index in [0.717, 1.165) is 12.8 Å². The number of rotatable bonds is 4. The van der Waals surface area contributed by atoms with E-state index in [9.17, 15) is 9.18 Å². The molecule has 0 spiro atoms. The van der Waals surface area contributed by atoms with Crippen LogP contribution in [0.2, 0.25) is 0 Å². The Bertz CT molecular complexity index is 712. The summed E-state index contributed by atoms with van der Waals surface area (Å²) >= 11 is 0. The molecule has 2 unspecified atom stereocenters. The minimum absolute atomic E-state index is 0.0717. The van der Waals surface area contributed by atoms with Crippen LogP contribution in [0.4, 0.5) is 4.39 Å². The Morgan fingerprint density at radius 1 is 1.22 bits per heavy atom. The molecule has 0 aromatic heterocycles. The first-order valence-electron chi connectivity index (χ1n) is 8.16. The molecular weight excluding hydrogens is 289 g/mol. The molecule has 2 aromatic rings. The van der Waals surface area contributed by atoms with E-state index >= 15 is 0 Å². The fraction of sp³-hybridized carbons (Fsp3) is 0.350. The minimum atomic E-state index is -0.264. The molecule has 1 aliphatic carbocycles. The summed E-state index contributed by atoms with van der Waals surface area (Å²) in [4.78, 5) is 14.3. The summed E-state index contributed by atoms with van der Waals surface area (Å²) in [5.41, 5.74) is 3.22. The summed E-state index contributed by atoms with van der Waals surface area (Å²) in [6.07, 6.45) is 2.56. The lowest BCUT2D eigenvalue weighted by Crippen LogP contribution is -2.31. The quantitative estimate of drug-likeness (QED) is 0.816. The molecule has 2 aromatic carbocycles. The van der Waals surface area contributed by atoms with Crippen molar-refractivity contribution < 1.29 is 9.18 Å². The van der Waals surface area contributed by atoms with E-state index in [-0.39, 0.29) is 23.7 Å². The first-order chi connectivity index (χ1) is 11.1. The normalized spacial score (nSPS) is 17.6. The van der Waals surface area contributed by atoms with Crippen LogP contribution in [0.3, 0.4) is 0 Å². The average molecular weight is 311 g/mol. The number of carbonyl (C=O) groups is 1. The van der Waals surface area contributed by atoms with Crippen molar-refractivity contribution in [3.05, 3.63) is 71.0 Å². The van der Waals surface area contributed by atoms with Gasteiger partial charge in [-0.15, -0.1) is 0 Å². The second-order valence-corrected chi connectivity index (χ2v) is 6.34. The SMILES string of the molecule is CC(c1ccccc1F)N(C)C(=O)CC1CCc2ccccc21. The van der Waals surface area contributed by atoms with Crippen molar-refractivity contribution in [1.82, 2.24) is 4.90 Å². The largest absolute Gasteiger partial charge is 0.339 e. The van der Waals surface area contributed by atoms with Gasteiger partial charge in [-0.05, 0) is 42.9 Å².